The third-order valence-corrected chi connectivity index (χ3v) is 5.24. The molecule has 2 aromatic carbocycles. The van der Waals surface area contributed by atoms with Gasteiger partial charge in [0.05, 0.1) is 17.8 Å². The molecule has 29 heavy (non-hydrogen) atoms. The van der Waals surface area contributed by atoms with Crippen molar-refractivity contribution in [2.24, 2.45) is 11.7 Å². The van der Waals surface area contributed by atoms with Gasteiger partial charge in [0, 0.05) is 30.4 Å². The van der Waals surface area contributed by atoms with Crippen LogP contribution < -0.4 is 5.73 Å². The molecule has 7 heteroatoms. The normalized spacial score (nSPS) is 15.9. The van der Waals surface area contributed by atoms with E-state index in [4.69, 9.17) is 10.8 Å². The van der Waals surface area contributed by atoms with E-state index in [1.165, 1.54) is 12.1 Å². The number of rotatable bonds is 5. The number of likely N-dealkylation sites (tertiary alicyclic amines) is 1. The SMILES string of the molecule is Cl.NCC1CCN(C(=O)Cc2cn(-c3ccccc3)nc2-c2ccc(F)cc2)C1. The van der Waals surface area contributed by atoms with Crippen LogP contribution in [0.3, 0.4) is 0 Å². The second-order valence-corrected chi connectivity index (χ2v) is 7.20. The second-order valence-electron chi connectivity index (χ2n) is 7.20. The number of hydrogen-bond acceptors (Lipinski definition) is 3. The van der Waals surface area contributed by atoms with E-state index < -0.39 is 0 Å². The highest BCUT2D eigenvalue weighted by Crippen LogP contribution is 2.26. The third-order valence-electron chi connectivity index (χ3n) is 5.24. The van der Waals surface area contributed by atoms with E-state index in [0.717, 1.165) is 29.8 Å². The Kier molecular flexibility index (Phi) is 6.67. The van der Waals surface area contributed by atoms with E-state index in [0.29, 0.717) is 24.7 Å². The first kappa shape index (κ1) is 21.0. The molecule has 3 aromatic rings. The third kappa shape index (κ3) is 4.66. The van der Waals surface area contributed by atoms with E-state index >= 15 is 0 Å². The summed E-state index contributed by atoms with van der Waals surface area (Å²) < 4.78 is 15.1. The van der Waals surface area contributed by atoms with Gasteiger partial charge in [-0.25, -0.2) is 9.07 Å². The molecular formula is C22H24ClFN4O. The summed E-state index contributed by atoms with van der Waals surface area (Å²) in [4.78, 5) is 14.7. The molecule has 2 heterocycles. The highest BCUT2D eigenvalue weighted by molar-refractivity contribution is 5.85. The van der Waals surface area contributed by atoms with Gasteiger partial charge in [-0.05, 0) is 55.3 Å². The largest absolute Gasteiger partial charge is 0.342 e. The van der Waals surface area contributed by atoms with Gasteiger partial charge in [-0.1, -0.05) is 18.2 Å². The van der Waals surface area contributed by atoms with Crippen molar-refractivity contribution in [3.63, 3.8) is 0 Å². The summed E-state index contributed by atoms with van der Waals surface area (Å²) in [5.74, 6) is 0.160. The fraction of sp³-hybridized carbons (Fsp3) is 0.273. The Morgan fingerprint density at radius 3 is 2.52 bits per heavy atom. The summed E-state index contributed by atoms with van der Waals surface area (Å²) >= 11 is 0. The molecule has 1 atom stereocenters. The number of hydrogen-bond donors (Lipinski definition) is 1. The second kappa shape index (κ2) is 9.20. The van der Waals surface area contributed by atoms with Gasteiger partial charge in [0.2, 0.25) is 5.91 Å². The number of aromatic nitrogens is 2. The molecular weight excluding hydrogens is 391 g/mol. The molecule has 0 spiro atoms. The maximum atomic E-state index is 13.4. The molecule has 0 saturated carbocycles. The Morgan fingerprint density at radius 2 is 1.86 bits per heavy atom. The fourth-order valence-corrected chi connectivity index (χ4v) is 3.63. The number of carbonyl (C=O) groups is 1. The van der Waals surface area contributed by atoms with Gasteiger partial charge in [0.15, 0.2) is 0 Å². The molecule has 1 aliphatic rings. The first-order chi connectivity index (χ1) is 13.6. The quantitative estimate of drug-likeness (QED) is 0.695. The first-order valence-electron chi connectivity index (χ1n) is 9.52. The molecule has 5 nitrogen and oxygen atoms in total. The van der Waals surface area contributed by atoms with Crippen molar-refractivity contribution in [1.29, 1.82) is 0 Å². The van der Waals surface area contributed by atoms with Crippen LogP contribution in [-0.2, 0) is 11.2 Å². The molecule has 152 valence electrons. The van der Waals surface area contributed by atoms with E-state index in [-0.39, 0.29) is 30.6 Å². The highest BCUT2D eigenvalue weighted by atomic mass is 35.5. The van der Waals surface area contributed by atoms with Crippen LogP contribution in [0.1, 0.15) is 12.0 Å². The molecule has 1 fully saturated rings. The molecule has 1 unspecified atom stereocenters. The fourth-order valence-electron chi connectivity index (χ4n) is 3.63. The van der Waals surface area contributed by atoms with Gasteiger partial charge in [-0.2, -0.15) is 5.10 Å². The molecule has 1 saturated heterocycles. The van der Waals surface area contributed by atoms with Crippen molar-refractivity contribution < 1.29 is 9.18 Å². The van der Waals surface area contributed by atoms with Gasteiger partial charge in [0.25, 0.3) is 0 Å². The molecule has 0 bridgehead atoms. The molecule has 1 amide bonds. The molecule has 4 rings (SSSR count). The lowest BCUT2D eigenvalue weighted by atomic mass is 10.1. The van der Waals surface area contributed by atoms with Crippen LogP contribution in [-0.4, -0.2) is 40.2 Å². The summed E-state index contributed by atoms with van der Waals surface area (Å²) in [6.45, 7) is 2.07. The van der Waals surface area contributed by atoms with E-state index in [1.54, 1.807) is 16.8 Å². The van der Waals surface area contributed by atoms with E-state index in [1.807, 2.05) is 41.4 Å². The maximum Gasteiger partial charge on any atom is 0.227 e. The number of amides is 1. The van der Waals surface area contributed by atoms with E-state index in [2.05, 4.69) is 0 Å². The summed E-state index contributed by atoms with van der Waals surface area (Å²) in [6, 6.07) is 16.0. The van der Waals surface area contributed by atoms with Crippen LogP contribution in [0.25, 0.3) is 16.9 Å². The molecule has 1 aromatic heterocycles. The molecule has 0 radical (unpaired) electrons. The van der Waals surface area contributed by atoms with E-state index in [9.17, 15) is 9.18 Å². The summed E-state index contributed by atoms with van der Waals surface area (Å²) in [5.41, 5.74) is 8.98. The highest BCUT2D eigenvalue weighted by Gasteiger charge is 2.26. The summed E-state index contributed by atoms with van der Waals surface area (Å²) in [5, 5.41) is 4.69. The van der Waals surface area contributed by atoms with Crippen LogP contribution in [0.5, 0.6) is 0 Å². The Balaban J connectivity index is 0.00000240. The standard InChI is InChI=1S/C22H23FN4O.ClH/c23-19-8-6-17(7-9-19)22-18(12-21(28)26-11-10-16(13-24)14-26)15-27(25-22)20-4-2-1-3-5-20;/h1-9,15-16H,10-14,24H2;1H. The topological polar surface area (TPSA) is 64.2 Å². The van der Waals surface area contributed by atoms with Gasteiger partial charge in [-0.3, -0.25) is 4.79 Å². The smallest absolute Gasteiger partial charge is 0.227 e. The zero-order chi connectivity index (χ0) is 19.5. The Morgan fingerprint density at radius 1 is 1.14 bits per heavy atom. The van der Waals surface area contributed by atoms with Gasteiger partial charge in [-0.15, -0.1) is 12.4 Å². The predicted octanol–water partition coefficient (Wildman–Crippen LogP) is 3.45. The Hall–Kier alpha value is -2.70. The summed E-state index contributed by atoms with van der Waals surface area (Å²) in [7, 11) is 0. The van der Waals surface area contributed by atoms with Crippen LogP contribution in [0.15, 0.2) is 60.8 Å². The minimum Gasteiger partial charge on any atom is -0.342 e. The minimum absolute atomic E-state index is 0. The number of para-hydroxylation sites is 1. The molecule has 2 N–H and O–H groups in total. The Bertz CT molecular complexity index is 959. The lowest BCUT2D eigenvalue weighted by Crippen LogP contribution is -2.31. The average Bonchev–Trinajstić information content (AvgIpc) is 3.37. The number of benzene rings is 2. The zero-order valence-electron chi connectivity index (χ0n) is 16.0. The van der Waals surface area contributed by atoms with Gasteiger partial charge < -0.3 is 10.6 Å². The van der Waals surface area contributed by atoms with Crippen LogP contribution >= 0.6 is 12.4 Å². The van der Waals surface area contributed by atoms with Crippen LogP contribution in [0.2, 0.25) is 0 Å². The van der Waals surface area contributed by atoms with Gasteiger partial charge in [0.1, 0.15) is 5.82 Å². The number of nitrogens with two attached hydrogens (primary N) is 1. The minimum atomic E-state index is -0.297. The number of halogens is 2. The van der Waals surface area contributed by atoms with Crippen LogP contribution in [0.4, 0.5) is 4.39 Å². The lowest BCUT2D eigenvalue weighted by Gasteiger charge is -2.16. The monoisotopic (exact) mass is 414 g/mol. The number of carbonyl (C=O) groups excluding carboxylic acids is 1. The van der Waals surface area contributed by atoms with Crippen molar-refractivity contribution in [1.82, 2.24) is 14.7 Å². The Labute approximate surface area is 175 Å². The zero-order valence-corrected chi connectivity index (χ0v) is 16.8. The van der Waals surface area contributed by atoms with Crippen molar-refractivity contribution in [2.75, 3.05) is 19.6 Å². The average molecular weight is 415 g/mol. The number of nitrogens with zero attached hydrogens (tertiary/aromatic N) is 3. The lowest BCUT2D eigenvalue weighted by molar-refractivity contribution is -0.129. The predicted molar refractivity (Wildman–Crippen MR) is 114 cm³/mol. The van der Waals surface area contributed by atoms with Crippen LogP contribution in [0, 0.1) is 11.7 Å². The molecule has 0 aliphatic carbocycles. The molecule has 1 aliphatic heterocycles. The first-order valence-corrected chi connectivity index (χ1v) is 9.52. The van der Waals surface area contributed by atoms with Crippen molar-refractivity contribution in [3.05, 3.63) is 72.2 Å². The van der Waals surface area contributed by atoms with Crippen molar-refractivity contribution in [3.8, 4) is 16.9 Å². The maximum absolute atomic E-state index is 13.4. The van der Waals surface area contributed by atoms with Crippen molar-refractivity contribution in [2.45, 2.75) is 12.8 Å². The van der Waals surface area contributed by atoms with Gasteiger partial charge >= 0.3 is 0 Å². The van der Waals surface area contributed by atoms with Crippen molar-refractivity contribution >= 4 is 18.3 Å². The summed E-state index contributed by atoms with van der Waals surface area (Å²) in [6.07, 6.45) is 3.11.